The molecule has 2 amide bonds. The number of halogens is 2. The fourth-order valence-electron chi connectivity index (χ4n) is 2.35. The Labute approximate surface area is 163 Å². The van der Waals surface area contributed by atoms with Crippen molar-refractivity contribution < 1.29 is 18.4 Å². The van der Waals surface area contributed by atoms with Crippen LogP contribution in [0.3, 0.4) is 0 Å². The van der Waals surface area contributed by atoms with Crippen LogP contribution in [0.1, 0.15) is 6.42 Å². The number of rotatable bonds is 5. The predicted octanol–water partition coefficient (Wildman–Crippen LogP) is 3.93. The minimum atomic E-state index is -1.02. The molecule has 0 spiro atoms. The number of thioether (sulfide) groups is 2. The molecule has 2 N–H and O–H groups in total. The second-order valence-electron chi connectivity index (χ2n) is 5.60. The summed E-state index contributed by atoms with van der Waals surface area (Å²) in [4.78, 5) is 29.4. The number of hydrogen-bond donors (Lipinski definition) is 2. The van der Waals surface area contributed by atoms with Gasteiger partial charge in [0, 0.05) is 23.1 Å². The van der Waals surface area contributed by atoms with Gasteiger partial charge in [-0.3, -0.25) is 9.59 Å². The molecule has 1 saturated heterocycles. The summed E-state index contributed by atoms with van der Waals surface area (Å²) in [6.07, 6.45) is 1.91. The molecule has 0 saturated carbocycles. The maximum atomic E-state index is 13.2. The van der Waals surface area contributed by atoms with Crippen LogP contribution in [-0.2, 0) is 9.59 Å². The highest BCUT2D eigenvalue weighted by Gasteiger charge is 2.32. The Bertz CT molecular complexity index is 921. The van der Waals surface area contributed by atoms with E-state index < -0.39 is 16.9 Å². The molecular formula is C18H15F2N3O2S2. The van der Waals surface area contributed by atoms with Crippen LogP contribution in [0.15, 0.2) is 52.4 Å². The van der Waals surface area contributed by atoms with E-state index in [1.54, 1.807) is 17.8 Å². The number of carbonyl (C=O) groups is 2. The molecule has 1 aliphatic heterocycles. The van der Waals surface area contributed by atoms with Gasteiger partial charge in [-0.1, -0.05) is 17.8 Å². The molecule has 0 aromatic heterocycles. The van der Waals surface area contributed by atoms with E-state index in [0.717, 1.165) is 28.8 Å². The third kappa shape index (κ3) is 5.08. The largest absolute Gasteiger partial charge is 0.326 e. The number of amides is 2. The van der Waals surface area contributed by atoms with Gasteiger partial charge in [-0.15, -0.1) is 11.8 Å². The zero-order chi connectivity index (χ0) is 19.4. The first kappa shape index (κ1) is 19.4. The van der Waals surface area contributed by atoms with Gasteiger partial charge in [-0.25, -0.2) is 13.8 Å². The van der Waals surface area contributed by atoms with E-state index in [0.29, 0.717) is 5.69 Å². The fraction of sp³-hybridized carbons (Fsp3) is 0.167. The molecule has 1 aliphatic rings. The smallest absolute Gasteiger partial charge is 0.240 e. The van der Waals surface area contributed by atoms with Gasteiger partial charge in [0.2, 0.25) is 11.8 Å². The van der Waals surface area contributed by atoms with E-state index in [-0.39, 0.29) is 29.1 Å². The van der Waals surface area contributed by atoms with Crippen LogP contribution < -0.4 is 10.6 Å². The normalized spacial score (nSPS) is 17.8. The Kier molecular flexibility index (Phi) is 6.12. The number of hydrogen-bond acceptors (Lipinski definition) is 5. The SMILES string of the molecule is CSc1cccc(NC(=O)CC2SC(=Nc3ccc(F)c(F)c3)NC2=O)c1. The Hall–Kier alpha value is -2.39. The first-order valence-electron chi connectivity index (χ1n) is 7.90. The molecule has 0 bridgehead atoms. The maximum Gasteiger partial charge on any atom is 0.240 e. The second-order valence-corrected chi connectivity index (χ2v) is 7.67. The van der Waals surface area contributed by atoms with E-state index in [9.17, 15) is 18.4 Å². The molecule has 140 valence electrons. The highest BCUT2D eigenvalue weighted by Crippen LogP contribution is 2.26. The number of aliphatic imine (C=N–C) groups is 1. The van der Waals surface area contributed by atoms with Crippen LogP contribution >= 0.6 is 23.5 Å². The lowest BCUT2D eigenvalue weighted by Crippen LogP contribution is -2.28. The minimum Gasteiger partial charge on any atom is -0.326 e. The Balaban J connectivity index is 1.62. The van der Waals surface area contributed by atoms with E-state index in [1.165, 1.54) is 6.07 Å². The zero-order valence-corrected chi connectivity index (χ0v) is 15.8. The van der Waals surface area contributed by atoms with Gasteiger partial charge in [0.05, 0.1) is 5.69 Å². The van der Waals surface area contributed by atoms with Crippen molar-refractivity contribution in [3.05, 3.63) is 54.1 Å². The van der Waals surface area contributed by atoms with Gasteiger partial charge < -0.3 is 10.6 Å². The van der Waals surface area contributed by atoms with Crippen LogP contribution in [0.2, 0.25) is 0 Å². The van der Waals surface area contributed by atoms with Crippen molar-refractivity contribution >= 4 is 51.9 Å². The molecule has 1 unspecified atom stereocenters. The van der Waals surface area contributed by atoms with Crippen molar-refractivity contribution in [2.45, 2.75) is 16.6 Å². The van der Waals surface area contributed by atoms with E-state index in [1.807, 2.05) is 24.5 Å². The summed E-state index contributed by atoms with van der Waals surface area (Å²) in [6.45, 7) is 0. The summed E-state index contributed by atoms with van der Waals surface area (Å²) in [6, 6.07) is 10.6. The van der Waals surface area contributed by atoms with Crippen LogP contribution in [0.4, 0.5) is 20.2 Å². The Morgan fingerprint density at radius 1 is 1.26 bits per heavy atom. The molecule has 3 rings (SSSR count). The summed E-state index contributed by atoms with van der Waals surface area (Å²) in [5.41, 5.74) is 0.835. The fourth-order valence-corrected chi connectivity index (χ4v) is 3.79. The Morgan fingerprint density at radius 3 is 2.81 bits per heavy atom. The lowest BCUT2D eigenvalue weighted by molar-refractivity contribution is -0.122. The number of amidine groups is 1. The number of nitrogens with one attached hydrogen (secondary N) is 2. The third-order valence-electron chi connectivity index (χ3n) is 3.63. The van der Waals surface area contributed by atoms with Crippen molar-refractivity contribution in [1.29, 1.82) is 0 Å². The quantitative estimate of drug-likeness (QED) is 0.737. The van der Waals surface area contributed by atoms with Crippen LogP contribution in [-0.4, -0.2) is 28.5 Å². The summed E-state index contributed by atoms with van der Waals surface area (Å²) < 4.78 is 26.2. The van der Waals surface area contributed by atoms with Crippen LogP contribution in [0.25, 0.3) is 0 Å². The molecule has 1 fully saturated rings. The monoisotopic (exact) mass is 407 g/mol. The number of benzene rings is 2. The lowest BCUT2D eigenvalue weighted by atomic mass is 10.2. The number of carbonyl (C=O) groups excluding carboxylic acids is 2. The second kappa shape index (κ2) is 8.53. The molecule has 0 radical (unpaired) electrons. The van der Waals surface area contributed by atoms with Crippen molar-refractivity contribution in [3.8, 4) is 0 Å². The average Bonchev–Trinajstić information content (AvgIpc) is 2.97. The average molecular weight is 407 g/mol. The third-order valence-corrected chi connectivity index (χ3v) is 5.44. The molecule has 1 atom stereocenters. The lowest BCUT2D eigenvalue weighted by Gasteiger charge is -2.08. The molecule has 1 heterocycles. The topological polar surface area (TPSA) is 70.6 Å². The molecular weight excluding hydrogens is 392 g/mol. The van der Waals surface area contributed by atoms with Gasteiger partial charge in [0.15, 0.2) is 16.8 Å². The molecule has 0 aliphatic carbocycles. The zero-order valence-electron chi connectivity index (χ0n) is 14.2. The van der Waals surface area contributed by atoms with Gasteiger partial charge in [0.25, 0.3) is 0 Å². The summed E-state index contributed by atoms with van der Waals surface area (Å²) in [5, 5.41) is 4.92. The van der Waals surface area contributed by atoms with Crippen molar-refractivity contribution in [1.82, 2.24) is 5.32 Å². The first-order chi connectivity index (χ1) is 12.9. The van der Waals surface area contributed by atoms with Crippen LogP contribution in [0, 0.1) is 11.6 Å². The molecule has 27 heavy (non-hydrogen) atoms. The van der Waals surface area contributed by atoms with Gasteiger partial charge >= 0.3 is 0 Å². The first-order valence-corrected chi connectivity index (χ1v) is 10.00. The summed E-state index contributed by atoms with van der Waals surface area (Å²) in [5.74, 6) is -2.64. The van der Waals surface area contributed by atoms with E-state index >= 15 is 0 Å². The van der Waals surface area contributed by atoms with Crippen LogP contribution in [0.5, 0.6) is 0 Å². The van der Waals surface area contributed by atoms with Gasteiger partial charge in [-0.05, 0) is 36.6 Å². The van der Waals surface area contributed by atoms with Crippen molar-refractivity contribution in [3.63, 3.8) is 0 Å². The highest BCUT2D eigenvalue weighted by molar-refractivity contribution is 8.15. The maximum absolute atomic E-state index is 13.2. The van der Waals surface area contributed by atoms with Gasteiger partial charge in [0.1, 0.15) is 5.25 Å². The predicted molar refractivity (Wildman–Crippen MR) is 104 cm³/mol. The summed E-state index contributed by atoms with van der Waals surface area (Å²) in [7, 11) is 0. The van der Waals surface area contributed by atoms with E-state index in [4.69, 9.17) is 0 Å². The molecule has 9 heteroatoms. The molecule has 5 nitrogen and oxygen atoms in total. The highest BCUT2D eigenvalue weighted by atomic mass is 32.2. The number of anilines is 1. The van der Waals surface area contributed by atoms with Crippen molar-refractivity contribution in [2.24, 2.45) is 4.99 Å². The van der Waals surface area contributed by atoms with Gasteiger partial charge in [-0.2, -0.15) is 0 Å². The number of nitrogens with zero attached hydrogens (tertiary/aromatic N) is 1. The molecule has 2 aromatic carbocycles. The summed E-state index contributed by atoms with van der Waals surface area (Å²) >= 11 is 2.64. The Morgan fingerprint density at radius 2 is 2.07 bits per heavy atom. The van der Waals surface area contributed by atoms with E-state index in [2.05, 4.69) is 15.6 Å². The minimum absolute atomic E-state index is 0.0310. The standard InChI is InChI=1S/C18H15F2N3O2S2/c1-26-12-4-2-3-10(7-12)21-16(24)9-15-17(25)23-18(27-15)22-11-5-6-13(19)14(20)8-11/h2-8,15H,9H2,1H3,(H,21,24)(H,22,23,25). The molecule has 2 aromatic rings. The van der Waals surface area contributed by atoms with Crippen molar-refractivity contribution in [2.75, 3.05) is 11.6 Å².